The molecule has 0 aliphatic heterocycles. The Hall–Kier alpha value is 0.570. The first-order chi connectivity index (χ1) is 4.15. The first kappa shape index (κ1) is 10.6. The third kappa shape index (κ3) is 3.11. The second kappa shape index (κ2) is 2.90. The van der Waals surface area contributed by atoms with Crippen molar-refractivity contribution in [3.63, 3.8) is 0 Å². The molecule has 4 nitrogen and oxygen atoms in total. The molecule has 62 valence electrons. The van der Waals surface area contributed by atoms with Gasteiger partial charge in [-0.1, -0.05) is 0 Å². The van der Waals surface area contributed by atoms with Crippen LogP contribution in [0.4, 0.5) is 0 Å². The van der Waals surface area contributed by atoms with Crippen molar-refractivity contribution >= 4 is 35.4 Å². The van der Waals surface area contributed by atoms with E-state index in [9.17, 15) is 8.42 Å². The topological polar surface area (TPSA) is 74.6 Å². The highest BCUT2D eigenvalue weighted by Gasteiger charge is 2.34. The lowest BCUT2D eigenvalue weighted by molar-refractivity contribution is 0.228. The summed E-state index contributed by atoms with van der Waals surface area (Å²) in [6, 6.07) is 0. The van der Waals surface area contributed by atoms with E-state index in [2.05, 4.69) is 25.3 Å². The van der Waals surface area contributed by atoms with Gasteiger partial charge in [-0.05, 0) is 6.92 Å². The average molecular weight is 204 g/mol. The number of hydrogen-bond acceptors (Lipinski definition) is 5. The lowest BCUT2D eigenvalue weighted by Crippen LogP contribution is -2.35. The fourth-order valence-electron chi connectivity index (χ4n) is 0.200. The number of rotatable bonds is 2. The predicted molar refractivity (Wildman–Crippen MR) is 43.9 cm³/mol. The van der Waals surface area contributed by atoms with E-state index in [1.54, 1.807) is 0 Å². The van der Waals surface area contributed by atoms with Crippen LogP contribution in [0.15, 0.2) is 0 Å². The molecule has 0 radical (unpaired) electrons. The summed E-state index contributed by atoms with van der Waals surface area (Å²) in [7, 11) is -4.26. The Morgan fingerprint density at radius 3 is 1.80 bits per heavy atom. The van der Waals surface area contributed by atoms with Crippen LogP contribution in [0.25, 0.3) is 0 Å². The Kier molecular flexibility index (Phi) is 3.06. The molecule has 0 aromatic heterocycles. The van der Waals surface area contributed by atoms with E-state index < -0.39 is 19.6 Å². The van der Waals surface area contributed by atoms with Crippen LogP contribution in [0.3, 0.4) is 0 Å². The minimum absolute atomic E-state index is 1.09. The van der Waals surface area contributed by atoms with Gasteiger partial charge < -0.3 is 5.11 Å². The van der Waals surface area contributed by atoms with E-state index in [0.717, 1.165) is 6.92 Å². The van der Waals surface area contributed by atoms with Crippen LogP contribution in [-0.4, -0.2) is 27.6 Å². The molecular weight excluding hydrogens is 196 g/mol. The summed E-state index contributed by atoms with van der Waals surface area (Å²) >= 11 is 6.85. The van der Waals surface area contributed by atoms with Crippen molar-refractivity contribution in [2.45, 2.75) is 16.4 Å². The molecule has 0 aromatic carbocycles. The number of aliphatic hydroxyl groups is 1. The molecule has 1 unspecified atom stereocenters. The number of hydrogen-bond donors (Lipinski definition) is 4. The van der Waals surface area contributed by atoms with Gasteiger partial charge in [0, 0.05) is 0 Å². The average Bonchev–Trinajstić information content (AvgIpc) is 1.59. The minimum atomic E-state index is -4.26. The van der Waals surface area contributed by atoms with Crippen LogP contribution < -0.4 is 0 Å². The van der Waals surface area contributed by atoms with Crippen molar-refractivity contribution in [1.29, 1.82) is 0 Å². The van der Waals surface area contributed by atoms with Crippen molar-refractivity contribution in [2.24, 2.45) is 0 Å². The summed E-state index contributed by atoms with van der Waals surface area (Å²) in [4.78, 5) is 0. The molecule has 0 aromatic rings. The largest absolute Gasteiger partial charge is 0.369 e. The van der Waals surface area contributed by atoms with Gasteiger partial charge >= 0.3 is 0 Å². The Labute approximate surface area is 70.2 Å². The summed E-state index contributed by atoms with van der Waals surface area (Å²) in [5.74, 6) is 0. The molecule has 0 spiro atoms. The van der Waals surface area contributed by atoms with Crippen molar-refractivity contribution in [3.8, 4) is 0 Å². The van der Waals surface area contributed by atoms with Gasteiger partial charge in [0.15, 0.2) is 4.27 Å². The zero-order chi connectivity index (χ0) is 8.58. The van der Waals surface area contributed by atoms with E-state index in [4.69, 9.17) is 9.66 Å². The Balaban J connectivity index is 4.56. The van der Waals surface area contributed by atoms with Crippen molar-refractivity contribution in [3.05, 3.63) is 0 Å². The molecule has 0 fully saturated rings. The monoisotopic (exact) mass is 204 g/mol. The molecule has 0 aliphatic carbocycles. The van der Waals surface area contributed by atoms with Crippen LogP contribution in [-0.2, 0) is 10.1 Å². The van der Waals surface area contributed by atoms with Crippen molar-refractivity contribution < 1.29 is 18.1 Å². The fourth-order valence-corrected chi connectivity index (χ4v) is 1.40. The molecule has 0 rings (SSSR count). The third-order valence-electron chi connectivity index (χ3n) is 0.992. The van der Waals surface area contributed by atoms with E-state index in [-0.39, 0.29) is 0 Å². The van der Waals surface area contributed by atoms with E-state index in [0.29, 0.717) is 0 Å². The summed E-state index contributed by atoms with van der Waals surface area (Å²) in [6.07, 6.45) is 0. The summed E-state index contributed by atoms with van der Waals surface area (Å²) in [5, 5.41) is 7.39. The normalized spacial score (nSPS) is 16.9. The maximum atomic E-state index is 10.3. The second-order valence-electron chi connectivity index (χ2n) is 1.84. The van der Waals surface area contributed by atoms with Crippen LogP contribution in [0.5, 0.6) is 0 Å². The molecule has 0 amide bonds. The first-order valence-electron chi connectivity index (χ1n) is 2.29. The van der Waals surface area contributed by atoms with Gasteiger partial charge in [-0.25, -0.2) is 0 Å². The van der Waals surface area contributed by atoms with E-state index in [1.807, 2.05) is 0 Å². The zero-order valence-electron chi connectivity index (χ0n) is 5.09. The van der Waals surface area contributed by atoms with Gasteiger partial charge in [-0.2, -0.15) is 8.42 Å². The van der Waals surface area contributed by atoms with Crippen LogP contribution in [0.2, 0.25) is 0 Å². The molecule has 0 heterocycles. The van der Waals surface area contributed by atoms with Gasteiger partial charge in [0.05, 0.1) is 0 Å². The van der Waals surface area contributed by atoms with Gasteiger partial charge in [-0.15, -0.1) is 25.3 Å². The SMILES string of the molecule is CC(C(O)(S)S)S(=O)(=O)O. The molecule has 0 aliphatic rings. The van der Waals surface area contributed by atoms with Crippen LogP contribution in [0, 0.1) is 0 Å². The first-order valence-corrected chi connectivity index (χ1v) is 4.69. The third-order valence-corrected chi connectivity index (χ3v) is 3.35. The molecule has 0 saturated carbocycles. The Bertz CT molecular complexity index is 200. The van der Waals surface area contributed by atoms with E-state index >= 15 is 0 Å². The quantitative estimate of drug-likeness (QED) is 0.285. The highest BCUT2D eigenvalue weighted by molar-refractivity contribution is 8.02. The number of thiol groups is 2. The zero-order valence-corrected chi connectivity index (χ0v) is 7.70. The van der Waals surface area contributed by atoms with Gasteiger partial charge in [0.2, 0.25) is 0 Å². The summed E-state index contributed by atoms with van der Waals surface area (Å²) in [5.41, 5.74) is 0. The molecule has 7 heteroatoms. The maximum absolute atomic E-state index is 10.3. The van der Waals surface area contributed by atoms with Gasteiger partial charge in [0.1, 0.15) is 5.25 Å². The highest BCUT2D eigenvalue weighted by atomic mass is 32.2. The van der Waals surface area contributed by atoms with Crippen LogP contribution >= 0.6 is 25.3 Å². The Morgan fingerprint density at radius 2 is 1.80 bits per heavy atom. The van der Waals surface area contributed by atoms with Crippen molar-refractivity contribution in [2.75, 3.05) is 0 Å². The summed E-state index contributed by atoms with van der Waals surface area (Å²) < 4.78 is 26.9. The van der Waals surface area contributed by atoms with Crippen molar-refractivity contribution in [1.82, 2.24) is 0 Å². The smallest absolute Gasteiger partial charge is 0.272 e. The van der Waals surface area contributed by atoms with Crippen LogP contribution in [0.1, 0.15) is 6.92 Å². The summed E-state index contributed by atoms with van der Waals surface area (Å²) in [6.45, 7) is 1.09. The molecule has 10 heavy (non-hydrogen) atoms. The van der Waals surface area contributed by atoms with E-state index in [1.165, 1.54) is 0 Å². The molecule has 1 atom stereocenters. The predicted octanol–water partition coefficient (Wildman–Crippen LogP) is -0.232. The molecule has 2 N–H and O–H groups in total. The molecular formula is C3H8O4S3. The standard InChI is InChI=1S/C3H8O4S3/c1-2(3(4,8)9)10(5,6)7/h2,4,8-9H,1H3,(H,5,6,7). The Morgan fingerprint density at radius 1 is 1.50 bits per heavy atom. The second-order valence-corrected chi connectivity index (χ2v) is 5.30. The molecule has 0 saturated heterocycles. The fraction of sp³-hybridized carbons (Fsp3) is 1.00. The highest BCUT2D eigenvalue weighted by Crippen LogP contribution is 2.24. The molecule has 0 bridgehead atoms. The van der Waals surface area contributed by atoms with Gasteiger partial charge in [0.25, 0.3) is 10.1 Å². The minimum Gasteiger partial charge on any atom is -0.369 e. The lowest BCUT2D eigenvalue weighted by Gasteiger charge is -2.20. The van der Waals surface area contributed by atoms with Gasteiger partial charge in [-0.3, -0.25) is 4.55 Å². The lowest BCUT2D eigenvalue weighted by atomic mass is 10.5. The maximum Gasteiger partial charge on any atom is 0.272 e.